The number of ether oxygens (including phenoxy) is 1. The van der Waals surface area contributed by atoms with Crippen molar-refractivity contribution in [2.75, 3.05) is 32.2 Å². The number of nitrogens with zero attached hydrogens (tertiary/aromatic N) is 1. The van der Waals surface area contributed by atoms with E-state index in [2.05, 4.69) is 0 Å². The zero-order valence-electron chi connectivity index (χ0n) is 10.4. The third-order valence-electron chi connectivity index (χ3n) is 2.43. The summed E-state index contributed by atoms with van der Waals surface area (Å²) in [6, 6.07) is 4.59. The summed E-state index contributed by atoms with van der Waals surface area (Å²) in [5.41, 5.74) is 0.971. The van der Waals surface area contributed by atoms with Crippen LogP contribution >= 0.6 is 0 Å². The van der Waals surface area contributed by atoms with Crippen molar-refractivity contribution in [3.8, 4) is 0 Å². The predicted molar refractivity (Wildman–Crippen MR) is 68.2 cm³/mol. The van der Waals surface area contributed by atoms with Gasteiger partial charge in [0.25, 0.3) is 0 Å². The number of rotatable bonds is 6. The van der Waals surface area contributed by atoms with E-state index in [0.717, 1.165) is 6.08 Å². The van der Waals surface area contributed by atoms with Crippen LogP contribution in [0.2, 0.25) is 0 Å². The van der Waals surface area contributed by atoms with E-state index in [0.29, 0.717) is 24.4 Å². The van der Waals surface area contributed by atoms with Crippen molar-refractivity contribution in [2.24, 2.45) is 0 Å². The average Bonchev–Trinajstić information content (AvgIpc) is 2.33. The SMILES string of the molecule is COCCN(C)c1ccc(C=CC(=O)O)cc1F. The molecule has 0 saturated carbocycles. The first-order valence-corrected chi connectivity index (χ1v) is 5.45. The Bertz CT molecular complexity index is 446. The van der Waals surface area contributed by atoms with Gasteiger partial charge in [0.05, 0.1) is 12.3 Å². The van der Waals surface area contributed by atoms with Gasteiger partial charge in [0, 0.05) is 26.8 Å². The Morgan fingerprint density at radius 1 is 1.56 bits per heavy atom. The van der Waals surface area contributed by atoms with Gasteiger partial charge in [-0.1, -0.05) is 6.07 Å². The van der Waals surface area contributed by atoms with Crippen molar-refractivity contribution in [3.63, 3.8) is 0 Å². The lowest BCUT2D eigenvalue weighted by atomic mass is 10.1. The van der Waals surface area contributed by atoms with Crippen molar-refractivity contribution in [3.05, 3.63) is 35.7 Å². The minimum Gasteiger partial charge on any atom is -0.478 e. The van der Waals surface area contributed by atoms with Gasteiger partial charge in [-0.25, -0.2) is 9.18 Å². The quantitative estimate of drug-likeness (QED) is 0.788. The molecular weight excluding hydrogens is 237 g/mol. The van der Waals surface area contributed by atoms with E-state index in [1.54, 1.807) is 31.2 Å². The summed E-state index contributed by atoms with van der Waals surface area (Å²) in [6.07, 6.45) is 2.33. The molecule has 0 bridgehead atoms. The molecule has 0 unspecified atom stereocenters. The molecular formula is C13H16FNO3. The lowest BCUT2D eigenvalue weighted by Gasteiger charge is -2.19. The number of halogens is 1. The molecule has 0 atom stereocenters. The van der Waals surface area contributed by atoms with E-state index in [1.807, 2.05) is 0 Å². The van der Waals surface area contributed by atoms with Gasteiger partial charge < -0.3 is 14.7 Å². The highest BCUT2D eigenvalue weighted by atomic mass is 19.1. The molecule has 0 spiro atoms. The molecule has 18 heavy (non-hydrogen) atoms. The number of hydrogen-bond donors (Lipinski definition) is 1. The standard InChI is InChI=1S/C13H16FNO3/c1-15(7-8-18-2)12-5-3-10(9-11(12)14)4-6-13(16)17/h3-6,9H,7-8H2,1-2H3,(H,16,17). The van der Waals surface area contributed by atoms with Crippen LogP contribution in [0.1, 0.15) is 5.56 Å². The van der Waals surface area contributed by atoms with Crippen LogP contribution in [0.15, 0.2) is 24.3 Å². The second-order valence-electron chi connectivity index (χ2n) is 3.80. The predicted octanol–water partition coefficient (Wildman–Crippen LogP) is 2.01. The number of methoxy groups -OCH3 is 1. The van der Waals surface area contributed by atoms with Gasteiger partial charge in [-0.05, 0) is 23.8 Å². The van der Waals surface area contributed by atoms with Gasteiger partial charge in [-0.2, -0.15) is 0 Å². The summed E-state index contributed by atoms with van der Waals surface area (Å²) in [7, 11) is 3.36. The summed E-state index contributed by atoms with van der Waals surface area (Å²) in [4.78, 5) is 12.1. The topological polar surface area (TPSA) is 49.8 Å². The summed E-state index contributed by atoms with van der Waals surface area (Å²) in [6.45, 7) is 1.09. The molecule has 4 nitrogen and oxygen atoms in total. The molecule has 1 aromatic rings. The van der Waals surface area contributed by atoms with Gasteiger partial charge >= 0.3 is 5.97 Å². The highest BCUT2D eigenvalue weighted by Crippen LogP contribution is 2.19. The maximum atomic E-state index is 13.8. The third kappa shape index (κ3) is 4.18. The molecule has 98 valence electrons. The first-order chi connectivity index (χ1) is 8.54. The molecule has 0 heterocycles. The minimum absolute atomic E-state index is 0.388. The van der Waals surface area contributed by atoms with Gasteiger partial charge in [-0.3, -0.25) is 0 Å². The van der Waals surface area contributed by atoms with E-state index in [1.165, 1.54) is 12.1 Å². The lowest BCUT2D eigenvalue weighted by molar-refractivity contribution is -0.131. The molecule has 1 rings (SSSR count). The second-order valence-corrected chi connectivity index (χ2v) is 3.80. The maximum absolute atomic E-state index is 13.8. The molecule has 0 saturated heterocycles. The summed E-state index contributed by atoms with van der Waals surface area (Å²) in [5, 5.41) is 8.48. The van der Waals surface area contributed by atoms with E-state index in [9.17, 15) is 9.18 Å². The Morgan fingerprint density at radius 2 is 2.28 bits per heavy atom. The molecule has 1 aromatic carbocycles. The van der Waals surface area contributed by atoms with Crippen molar-refractivity contribution < 1.29 is 19.0 Å². The second kappa shape index (κ2) is 6.76. The maximum Gasteiger partial charge on any atom is 0.328 e. The molecule has 0 radical (unpaired) electrons. The van der Waals surface area contributed by atoms with Crippen molar-refractivity contribution in [2.45, 2.75) is 0 Å². The summed E-state index contributed by atoms with van der Waals surface area (Å²) < 4.78 is 18.7. The molecule has 0 aliphatic heterocycles. The van der Waals surface area contributed by atoms with E-state index in [4.69, 9.17) is 9.84 Å². The van der Waals surface area contributed by atoms with Gasteiger partial charge in [0.15, 0.2) is 0 Å². The average molecular weight is 253 g/mol. The van der Waals surface area contributed by atoms with Gasteiger partial charge in [0.1, 0.15) is 5.82 Å². The monoisotopic (exact) mass is 253 g/mol. The van der Waals surface area contributed by atoms with Crippen LogP contribution in [0, 0.1) is 5.82 Å². The van der Waals surface area contributed by atoms with Crippen LogP contribution in [0.5, 0.6) is 0 Å². The van der Waals surface area contributed by atoms with Crippen LogP contribution in [-0.4, -0.2) is 38.4 Å². The van der Waals surface area contributed by atoms with Gasteiger partial charge in [-0.15, -0.1) is 0 Å². The molecule has 1 N–H and O–H groups in total. The molecule has 0 fully saturated rings. The van der Waals surface area contributed by atoms with Crippen LogP contribution in [-0.2, 0) is 9.53 Å². The minimum atomic E-state index is -1.06. The lowest BCUT2D eigenvalue weighted by Crippen LogP contribution is -2.23. The molecule has 0 aliphatic carbocycles. The Hall–Kier alpha value is -1.88. The fourth-order valence-electron chi connectivity index (χ4n) is 1.45. The smallest absolute Gasteiger partial charge is 0.328 e. The highest BCUT2D eigenvalue weighted by Gasteiger charge is 2.07. The zero-order chi connectivity index (χ0) is 13.5. The highest BCUT2D eigenvalue weighted by molar-refractivity contribution is 5.85. The Kier molecular flexibility index (Phi) is 5.32. The van der Waals surface area contributed by atoms with Crippen LogP contribution in [0.25, 0.3) is 6.08 Å². The Labute approximate surface area is 105 Å². The normalized spacial score (nSPS) is 10.8. The third-order valence-corrected chi connectivity index (χ3v) is 2.43. The largest absolute Gasteiger partial charge is 0.478 e. The number of carbonyl (C=O) groups is 1. The number of carboxylic acids is 1. The molecule has 0 aliphatic rings. The number of carboxylic acid groups (broad SMARTS) is 1. The number of anilines is 1. The van der Waals surface area contributed by atoms with Crippen LogP contribution < -0.4 is 4.90 Å². The van der Waals surface area contributed by atoms with E-state index in [-0.39, 0.29) is 5.82 Å². The van der Waals surface area contributed by atoms with Gasteiger partial charge in [0.2, 0.25) is 0 Å². The fourth-order valence-corrected chi connectivity index (χ4v) is 1.45. The first-order valence-electron chi connectivity index (χ1n) is 5.45. The molecule has 5 heteroatoms. The van der Waals surface area contributed by atoms with Crippen LogP contribution in [0.4, 0.5) is 10.1 Å². The summed E-state index contributed by atoms with van der Waals surface area (Å²) >= 11 is 0. The van der Waals surface area contributed by atoms with Crippen molar-refractivity contribution >= 4 is 17.7 Å². The fraction of sp³-hybridized carbons (Fsp3) is 0.308. The summed E-state index contributed by atoms with van der Waals surface area (Å²) in [5.74, 6) is -1.45. The van der Waals surface area contributed by atoms with E-state index < -0.39 is 5.97 Å². The van der Waals surface area contributed by atoms with Crippen molar-refractivity contribution in [1.29, 1.82) is 0 Å². The number of likely N-dealkylation sites (N-methyl/N-ethyl adjacent to an activating group) is 1. The Balaban J connectivity index is 2.82. The number of aliphatic carboxylic acids is 1. The number of hydrogen-bond acceptors (Lipinski definition) is 3. The zero-order valence-corrected chi connectivity index (χ0v) is 10.4. The molecule has 0 amide bonds. The number of benzene rings is 1. The first kappa shape index (κ1) is 14.2. The van der Waals surface area contributed by atoms with Crippen LogP contribution in [0.3, 0.4) is 0 Å². The Morgan fingerprint density at radius 3 is 2.83 bits per heavy atom. The van der Waals surface area contributed by atoms with Crippen molar-refractivity contribution in [1.82, 2.24) is 0 Å². The van der Waals surface area contributed by atoms with E-state index >= 15 is 0 Å². The molecule has 0 aromatic heterocycles.